The zero-order chi connectivity index (χ0) is 11.6. The van der Waals surface area contributed by atoms with Crippen LogP contribution in [-0.2, 0) is 14.3 Å². The maximum absolute atomic E-state index is 10.8. The Kier molecular flexibility index (Phi) is 3.56. The molecule has 0 aliphatic carbocycles. The van der Waals surface area contributed by atoms with Gasteiger partial charge in [-0.15, -0.1) is 0 Å². The van der Waals surface area contributed by atoms with E-state index in [9.17, 15) is 13.2 Å². The van der Waals surface area contributed by atoms with Gasteiger partial charge in [0, 0.05) is 19.0 Å². The topological polar surface area (TPSA) is 83.9 Å². The SMILES string of the molecule is C[C@@H]1CN(C(=O)O)C[C@H]1COS(C)(=O)=O. The quantitative estimate of drug-likeness (QED) is 0.709. The Labute approximate surface area is 89.0 Å². The molecule has 6 nitrogen and oxygen atoms in total. The molecule has 15 heavy (non-hydrogen) atoms. The summed E-state index contributed by atoms with van der Waals surface area (Å²) in [5.41, 5.74) is 0. The van der Waals surface area contributed by atoms with Gasteiger partial charge in [0.25, 0.3) is 10.1 Å². The third-order valence-corrected chi connectivity index (χ3v) is 3.10. The van der Waals surface area contributed by atoms with E-state index in [4.69, 9.17) is 5.11 Å². The second kappa shape index (κ2) is 4.36. The van der Waals surface area contributed by atoms with E-state index in [0.29, 0.717) is 13.1 Å². The largest absolute Gasteiger partial charge is 0.465 e. The first-order valence-corrected chi connectivity index (χ1v) is 6.43. The molecule has 1 fully saturated rings. The maximum Gasteiger partial charge on any atom is 0.407 e. The van der Waals surface area contributed by atoms with E-state index in [1.165, 1.54) is 4.90 Å². The number of hydrogen-bond donors (Lipinski definition) is 1. The molecule has 1 heterocycles. The minimum atomic E-state index is -3.44. The Balaban J connectivity index is 2.48. The summed E-state index contributed by atoms with van der Waals surface area (Å²) in [4.78, 5) is 11.9. The number of rotatable bonds is 3. The fraction of sp³-hybridized carbons (Fsp3) is 0.875. The van der Waals surface area contributed by atoms with E-state index in [0.717, 1.165) is 6.26 Å². The number of hydrogen-bond acceptors (Lipinski definition) is 4. The Bertz CT molecular complexity index is 339. The van der Waals surface area contributed by atoms with Crippen molar-refractivity contribution in [1.82, 2.24) is 4.90 Å². The molecule has 1 aliphatic rings. The third kappa shape index (κ3) is 3.67. The van der Waals surface area contributed by atoms with Crippen molar-refractivity contribution in [3.63, 3.8) is 0 Å². The Morgan fingerprint density at radius 3 is 2.53 bits per heavy atom. The lowest BCUT2D eigenvalue weighted by molar-refractivity contribution is 0.152. The summed E-state index contributed by atoms with van der Waals surface area (Å²) in [6, 6.07) is 0. The van der Waals surface area contributed by atoms with Crippen LogP contribution in [0.5, 0.6) is 0 Å². The minimum absolute atomic E-state index is 0.0455. The van der Waals surface area contributed by atoms with Gasteiger partial charge in [0.15, 0.2) is 0 Å². The van der Waals surface area contributed by atoms with Crippen molar-refractivity contribution >= 4 is 16.2 Å². The van der Waals surface area contributed by atoms with Gasteiger partial charge in [-0.25, -0.2) is 4.79 Å². The van der Waals surface area contributed by atoms with Gasteiger partial charge in [-0.05, 0) is 5.92 Å². The molecule has 88 valence electrons. The van der Waals surface area contributed by atoms with Gasteiger partial charge in [-0.1, -0.05) is 6.92 Å². The average Bonchev–Trinajstić information content (AvgIpc) is 2.42. The van der Waals surface area contributed by atoms with Crippen molar-refractivity contribution in [2.45, 2.75) is 6.92 Å². The fourth-order valence-electron chi connectivity index (χ4n) is 1.62. The standard InChI is InChI=1S/C8H15NO5S/c1-6-3-9(8(10)11)4-7(6)5-14-15(2,12)13/h6-7H,3-5H2,1-2H3,(H,10,11)/t6-,7+/m1/s1. The summed E-state index contributed by atoms with van der Waals surface area (Å²) >= 11 is 0. The van der Waals surface area contributed by atoms with Crippen molar-refractivity contribution in [2.24, 2.45) is 11.8 Å². The van der Waals surface area contributed by atoms with Gasteiger partial charge in [-0.2, -0.15) is 8.42 Å². The fourth-order valence-corrected chi connectivity index (χ4v) is 2.04. The van der Waals surface area contributed by atoms with Crippen LogP contribution >= 0.6 is 0 Å². The van der Waals surface area contributed by atoms with Crippen molar-refractivity contribution in [3.8, 4) is 0 Å². The van der Waals surface area contributed by atoms with E-state index in [1.807, 2.05) is 6.92 Å². The zero-order valence-electron chi connectivity index (χ0n) is 8.71. The Morgan fingerprint density at radius 1 is 1.53 bits per heavy atom. The van der Waals surface area contributed by atoms with Gasteiger partial charge in [0.05, 0.1) is 12.9 Å². The monoisotopic (exact) mass is 237 g/mol. The molecule has 0 radical (unpaired) electrons. The molecular weight excluding hydrogens is 222 g/mol. The molecule has 0 aromatic rings. The molecule has 1 aliphatic heterocycles. The molecule has 0 aromatic carbocycles. The lowest BCUT2D eigenvalue weighted by atomic mass is 10.00. The molecule has 0 bridgehead atoms. The second-order valence-electron chi connectivity index (χ2n) is 3.91. The predicted octanol–water partition coefficient (Wildman–Crippen LogP) is 0.209. The number of nitrogens with zero attached hydrogens (tertiary/aromatic N) is 1. The van der Waals surface area contributed by atoms with E-state index in [2.05, 4.69) is 4.18 Å². The summed E-state index contributed by atoms with van der Waals surface area (Å²) in [7, 11) is -3.44. The molecule has 1 N–H and O–H groups in total. The number of carbonyl (C=O) groups is 1. The minimum Gasteiger partial charge on any atom is -0.465 e. The van der Waals surface area contributed by atoms with Crippen LogP contribution in [0.2, 0.25) is 0 Å². The summed E-state index contributed by atoms with van der Waals surface area (Å²) < 4.78 is 26.2. The smallest absolute Gasteiger partial charge is 0.407 e. The summed E-state index contributed by atoms with van der Waals surface area (Å²) in [5, 5.41) is 8.74. The normalized spacial score (nSPS) is 26.9. The lowest BCUT2D eigenvalue weighted by Gasteiger charge is -2.12. The molecule has 7 heteroatoms. The van der Waals surface area contributed by atoms with E-state index >= 15 is 0 Å². The van der Waals surface area contributed by atoms with Gasteiger partial charge in [0.1, 0.15) is 0 Å². The molecule has 0 spiro atoms. The zero-order valence-corrected chi connectivity index (χ0v) is 9.53. The van der Waals surface area contributed by atoms with Crippen LogP contribution in [0.25, 0.3) is 0 Å². The lowest BCUT2D eigenvalue weighted by Crippen LogP contribution is -2.27. The predicted molar refractivity (Wildman–Crippen MR) is 53.0 cm³/mol. The third-order valence-electron chi connectivity index (χ3n) is 2.53. The molecule has 1 saturated heterocycles. The highest BCUT2D eigenvalue weighted by Gasteiger charge is 2.33. The van der Waals surface area contributed by atoms with Crippen molar-refractivity contribution in [3.05, 3.63) is 0 Å². The number of likely N-dealkylation sites (tertiary alicyclic amines) is 1. The van der Waals surface area contributed by atoms with Crippen LogP contribution in [0.1, 0.15) is 6.92 Å². The highest BCUT2D eigenvalue weighted by molar-refractivity contribution is 7.85. The molecule has 1 rings (SSSR count). The van der Waals surface area contributed by atoms with Crippen molar-refractivity contribution in [2.75, 3.05) is 26.0 Å². The Hall–Kier alpha value is -0.820. The van der Waals surface area contributed by atoms with Crippen LogP contribution in [0.3, 0.4) is 0 Å². The van der Waals surface area contributed by atoms with Crippen LogP contribution in [0.4, 0.5) is 4.79 Å². The first-order valence-electron chi connectivity index (χ1n) is 4.62. The first kappa shape index (κ1) is 12.3. The first-order chi connectivity index (χ1) is 6.79. The Morgan fingerprint density at radius 2 is 2.13 bits per heavy atom. The van der Waals surface area contributed by atoms with Crippen LogP contribution in [0, 0.1) is 11.8 Å². The van der Waals surface area contributed by atoms with Crippen LogP contribution in [0.15, 0.2) is 0 Å². The molecule has 0 aromatic heterocycles. The molecule has 0 saturated carbocycles. The number of carboxylic acid groups (broad SMARTS) is 1. The van der Waals surface area contributed by atoms with E-state index in [1.54, 1.807) is 0 Å². The summed E-state index contributed by atoms with van der Waals surface area (Å²) in [5.74, 6) is 0.0821. The number of amides is 1. The molecule has 1 amide bonds. The highest BCUT2D eigenvalue weighted by atomic mass is 32.2. The summed E-state index contributed by atoms with van der Waals surface area (Å²) in [6.45, 7) is 2.72. The van der Waals surface area contributed by atoms with Crippen molar-refractivity contribution in [1.29, 1.82) is 0 Å². The molecule has 0 unspecified atom stereocenters. The molecule has 2 atom stereocenters. The van der Waals surface area contributed by atoms with E-state index < -0.39 is 16.2 Å². The maximum atomic E-state index is 10.8. The molecular formula is C8H15NO5S. The van der Waals surface area contributed by atoms with Crippen molar-refractivity contribution < 1.29 is 22.5 Å². The van der Waals surface area contributed by atoms with Gasteiger partial charge in [0.2, 0.25) is 0 Å². The highest BCUT2D eigenvalue weighted by Crippen LogP contribution is 2.23. The van der Waals surface area contributed by atoms with Gasteiger partial charge in [-0.3, -0.25) is 4.18 Å². The van der Waals surface area contributed by atoms with Gasteiger partial charge >= 0.3 is 6.09 Å². The van der Waals surface area contributed by atoms with Crippen LogP contribution in [-0.4, -0.2) is 50.5 Å². The summed E-state index contributed by atoms with van der Waals surface area (Å²) in [6.07, 6.45) is 0.0189. The van der Waals surface area contributed by atoms with Gasteiger partial charge < -0.3 is 10.0 Å². The van der Waals surface area contributed by atoms with Crippen LogP contribution < -0.4 is 0 Å². The second-order valence-corrected chi connectivity index (χ2v) is 5.56. The average molecular weight is 237 g/mol. The van der Waals surface area contributed by atoms with E-state index in [-0.39, 0.29) is 18.4 Å².